The summed E-state index contributed by atoms with van der Waals surface area (Å²) in [6, 6.07) is 0. The van der Waals surface area contributed by atoms with Gasteiger partial charge in [0, 0.05) is 0 Å². The molecule has 122 valence electrons. The molecule has 0 amide bonds. The maximum Gasteiger partial charge on any atom is 0.0786 e. The van der Waals surface area contributed by atoms with E-state index in [1.54, 1.807) is 0 Å². The van der Waals surface area contributed by atoms with E-state index in [1.165, 1.54) is 101 Å². The SMILES string of the molecule is CCCCCCCC[N+](CC)(CC)CCCCCCC. The van der Waals surface area contributed by atoms with E-state index in [2.05, 4.69) is 27.7 Å². The van der Waals surface area contributed by atoms with Crippen LogP contribution in [0.15, 0.2) is 0 Å². The zero-order valence-electron chi connectivity index (χ0n) is 15.1. The molecule has 0 unspecified atom stereocenters. The van der Waals surface area contributed by atoms with Gasteiger partial charge in [0.15, 0.2) is 0 Å². The molecule has 0 aliphatic carbocycles. The number of rotatable bonds is 15. The zero-order chi connectivity index (χ0) is 15.1. The summed E-state index contributed by atoms with van der Waals surface area (Å²) in [5.41, 5.74) is 0. The van der Waals surface area contributed by atoms with Crippen molar-refractivity contribution in [1.29, 1.82) is 0 Å². The molecule has 20 heavy (non-hydrogen) atoms. The van der Waals surface area contributed by atoms with E-state index < -0.39 is 0 Å². The number of unbranched alkanes of at least 4 members (excludes halogenated alkanes) is 9. The first-order valence-corrected chi connectivity index (χ1v) is 9.59. The van der Waals surface area contributed by atoms with Gasteiger partial charge in [-0.05, 0) is 39.5 Å². The minimum absolute atomic E-state index is 1.33. The van der Waals surface area contributed by atoms with E-state index in [9.17, 15) is 0 Å². The van der Waals surface area contributed by atoms with Gasteiger partial charge in [0.2, 0.25) is 0 Å². The zero-order valence-corrected chi connectivity index (χ0v) is 15.1. The molecule has 0 rings (SSSR count). The van der Waals surface area contributed by atoms with Crippen LogP contribution in [0.1, 0.15) is 98.3 Å². The average Bonchev–Trinajstić information content (AvgIpc) is 2.48. The fraction of sp³-hybridized carbons (Fsp3) is 1.00. The summed E-state index contributed by atoms with van der Waals surface area (Å²) in [7, 11) is 0. The molecule has 0 fully saturated rings. The molecule has 0 saturated carbocycles. The van der Waals surface area contributed by atoms with Crippen LogP contribution < -0.4 is 0 Å². The summed E-state index contributed by atoms with van der Waals surface area (Å²) in [5, 5.41) is 0. The Morgan fingerprint density at radius 2 is 0.800 bits per heavy atom. The lowest BCUT2D eigenvalue weighted by Gasteiger charge is -2.37. The maximum atomic E-state index is 2.40. The van der Waals surface area contributed by atoms with Crippen LogP contribution in [0.5, 0.6) is 0 Å². The summed E-state index contributed by atoms with van der Waals surface area (Å²) in [5.74, 6) is 0. The van der Waals surface area contributed by atoms with Gasteiger partial charge in [-0.25, -0.2) is 0 Å². The maximum absolute atomic E-state index is 2.40. The van der Waals surface area contributed by atoms with Crippen LogP contribution in [0.2, 0.25) is 0 Å². The second-order valence-corrected chi connectivity index (χ2v) is 6.60. The predicted octanol–water partition coefficient (Wildman–Crippen LogP) is 6.17. The van der Waals surface area contributed by atoms with Crippen molar-refractivity contribution < 1.29 is 4.48 Å². The number of hydrogen-bond donors (Lipinski definition) is 0. The van der Waals surface area contributed by atoms with E-state index >= 15 is 0 Å². The quantitative estimate of drug-likeness (QED) is 0.249. The molecule has 0 aromatic rings. The lowest BCUT2D eigenvalue weighted by molar-refractivity contribution is -0.925. The Morgan fingerprint density at radius 1 is 0.450 bits per heavy atom. The molecule has 0 heterocycles. The summed E-state index contributed by atoms with van der Waals surface area (Å²) in [6.45, 7) is 14.9. The molecule has 1 nitrogen and oxygen atoms in total. The van der Waals surface area contributed by atoms with Crippen molar-refractivity contribution >= 4 is 0 Å². The molecule has 0 N–H and O–H groups in total. The molecule has 0 aromatic heterocycles. The third-order valence-corrected chi connectivity index (χ3v) is 5.06. The highest BCUT2D eigenvalue weighted by Gasteiger charge is 2.21. The van der Waals surface area contributed by atoms with Gasteiger partial charge in [0.1, 0.15) is 0 Å². The lowest BCUT2D eigenvalue weighted by atomic mass is 10.1. The highest BCUT2D eigenvalue weighted by atomic mass is 15.3. The Hall–Kier alpha value is -0.0400. The Bertz CT molecular complexity index is 184. The largest absolute Gasteiger partial charge is 0.324 e. The molecule has 0 aromatic carbocycles. The van der Waals surface area contributed by atoms with Crippen molar-refractivity contribution in [1.82, 2.24) is 0 Å². The van der Waals surface area contributed by atoms with Gasteiger partial charge in [0.05, 0.1) is 26.2 Å². The fourth-order valence-corrected chi connectivity index (χ4v) is 3.25. The predicted molar refractivity (Wildman–Crippen MR) is 93.2 cm³/mol. The first-order chi connectivity index (χ1) is 9.74. The number of hydrogen-bond acceptors (Lipinski definition) is 0. The van der Waals surface area contributed by atoms with Gasteiger partial charge < -0.3 is 4.48 Å². The highest BCUT2D eigenvalue weighted by Crippen LogP contribution is 2.15. The van der Waals surface area contributed by atoms with Crippen molar-refractivity contribution in [3.05, 3.63) is 0 Å². The van der Waals surface area contributed by atoms with Crippen molar-refractivity contribution in [2.24, 2.45) is 0 Å². The van der Waals surface area contributed by atoms with Crippen LogP contribution in [0, 0.1) is 0 Å². The molecular weight excluding hydrogens is 242 g/mol. The summed E-state index contributed by atoms with van der Waals surface area (Å²) in [6.07, 6.45) is 15.7. The van der Waals surface area contributed by atoms with Crippen LogP contribution in [-0.2, 0) is 0 Å². The molecular formula is C19H42N+. The molecule has 0 bridgehead atoms. The summed E-state index contributed by atoms with van der Waals surface area (Å²) >= 11 is 0. The van der Waals surface area contributed by atoms with Crippen molar-refractivity contribution in [2.75, 3.05) is 26.2 Å². The van der Waals surface area contributed by atoms with Gasteiger partial charge >= 0.3 is 0 Å². The van der Waals surface area contributed by atoms with Crippen LogP contribution >= 0.6 is 0 Å². The topological polar surface area (TPSA) is 0 Å². The minimum atomic E-state index is 1.33. The number of quaternary nitrogens is 1. The second-order valence-electron chi connectivity index (χ2n) is 6.60. The molecule has 0 saturated heterocycles. The first kappa shape index (κ1) is 20.0. The van der Waals surface area contributed by atoms with Gasteiger partial charge in [0.25, 0.3) is 0 Å². The standard InChI is InChI=1S/C19H42N/c1-5-9-11-13-15-17-19-20(7-3,8-4)18-16-14-12-10-6-2/h5-19H2,1-4H3/q+1. The van der Waals surface area contributed by atoms with E-state index in [0.717, 1.165) is 0 Å². The molecule has 0 atom stereocenters. The summed E-state index contributed by atoms with van der Waals surface area (Å²) < 4.78 is 1.37. The first-order valence-electron chi connectivity index (χ1n) is 9.59. The van der Waals surface area contributed by atoms with E-state index in [0.29, 0.717) is 0 Å². The monoisotopic (exact) mass is 284 g/mol. The molecule has 0 aliphatic heterocycles. The van der Waals surface area contributed by atoms with Gasteiger partial charge in [-0.3, -0.25) is 0 Å². The van der Waals surface area contributed by atoms with E-state index in [-0.39, 0.29) is 0 Å². The Labute approximate surface area is 129 Å². The van der Waals surface area contributed by atoms with Gasteiger partial charge in [-0.1, -0.05) is 58.8 Å². The molecule has 0 radical (unpaired) electrons. The third kappa shape index (κ3) is 9.80. The van der Waals surface area contributed by atoms with Crippen molar-refractivity contribution in [3.63, 3.8) is 0 Å². The average molecular weight is 285 g/mol. The van der Waals surface area contributed by atoms with Crippen LogP contribution in [0.25, 0.3) is 0 Å². The van der Waals surface area contributed by atoms with E-state index in [4.69, 9.17) is 0 Å². The van der Waals surface area contributed by atoms with Crippen molar-refractivity contribution in [3.8, 4) is 0 Å². The molecule has 1 heteroatoms. The van der Waals surface area contributed by atoms with Gasteiger partial charge in [-0.2, -0.15) is 0 Å². The lowest BCUT2D eigenvalue weighted by Crippen LogP contribution is -2.49. The smallest absolute Gasteiger partial charge is 0.0786 e. The van der Waals surface area contributed by atoms with Crippen LogP contribution in [0.3, 0.4) is 0 Å². The number of nitrogens with zero attached hydrogens (tertiary/aromatic N) is 1. The Morgan fingerprint density at radius 3 is 1.15 bits per heavy atom. The van der Waals surface area contributed by atoms with Crippen molar-refractivity contribution in [2.45, 2.75) is 98.3 Å². The van der Waals surface area contributed by atoms with Gasteiger partial charge in [-0.15, -0.1) is 0 Å². The van der Waals surface area contributed by atoms with E-state index in [1.807, 2.05) is 0 Å². The Kier molecular flexibility index (Phi) is 13.9. The second kappa shape index (κ2) is 13.9. The normalized spacial score (nSPS) is 12.0. The third-order valence-electron chi connectivity index (χ3n) is 5.06. The molecule has 0 spiro atoms. The highest BCUT2D eigenvalue weighted by molar-refractivity contribution is 4.49. The molecule has 0 aliphatic rings. The summed E-state index contributed by atoms with van der Waals surface area (Å²) in [4.78, 5) is 0. The van der Waals surface area contributed by atoms with Crippen LogP contribution in [0.4, 0.5) is 0 Å². The minimum Gasteiger partial charge on any atom is -0.324 e. The van der Waals surface area contributed by atoms with Crippen LogP contribution in [-0.4, -0.2) is 30.7 Å². The fourth-order valence-electron chi connectivity index (χ4n) is 3.25. The Balaban J connectivity index is 3.80.